The Morgan fingerprint density at radius 2 is 2.00 bits per heavy atom. The molecule has 5 nitrogen and oxygen atoms in total. The third-order valence-electron chi connectivity index (χ3n) is 3.72. The lowest BCUT2D eigenvalue weighted by Gasteiger charge is -2.26. The summed E-state index contributed by atoms with van der Waals surface area (Å²) >= 11 is 6.37. The number of hydrogen-bond donors (Lipinski definition) is 1. The van der Waals surface area contributed by atoms with E-state index in [-0.39, 0.29) is 6.10 Å². The third kappa shape index (κ3) is 5.84. The van der Waals surface area contributed by atoms with Crippen molar-refractivity contribution in [1.29, 1.82) is 0 Å². The van der Waals surface area contributed by atoms with E-state index < -0.39 is 0 Å². The molecule has 0 amide bonds. The van der Waals surface area contributed by atoms with Gasteiger partial charge in [0.05, 0.1) is 26.4 Å². The van der Waals surface area contributed by atoms with Gasteiger partial charge in [-0.15, -0.1) is 0 Å². The molecule has 1 aliphatic heterocycles. The SMILES string of the molecule is COc1cc(CNCCN2CCOCC2)c(Cl)cc1OC(C)C. The van der Waals surface area contributed by atoms with Gasteiger partial charge in [-0.1, -0.05) is 11.6 Å². The van der Waals surface area contributed by atoms with Crippen LogP contribution in [0.25, 0.3) is 0 Å². The monoisotopic (exact) mass is 342 g/mol. The van der Waals surface area contributed by atoms with Gasteiger partial charge >= 0.3 is 0 Å². The molecule has 1 heterocycles. The molecule has 23 heavy (non-hydrogen) atoms. The molecule has 130 valence electrons. The second-order valence-corrected chi connectivity index (χ2v) is 6.30. The maximum absolute atomic E-state index is 6.37. The molecule has 0 aromatic heterocycles. The van der Waals surface area contributed by atoms with Crippen molar-refractivity contribution in [2.45, 2.75) is 26.5 Å². The van der Waals surface area contributed by atoms with Crippen molar-refractivity contribution in [2.24, 2.45) is 0 Å². The average Bonchev–Trinajstić information content (AvgIpc) is 2.53. The molecular formula is C17H27ClN2O3. The summed E-state index contributed by atoms with van der Waals surface area (Å²) in [5.74, 6) is 1.40. The first-order chi connectivity index (χ1) is 11.1. The lowest BCUT2D eigenvalue weighted by molar-refractivity contribution is 0.0384. The number of ether oxygens (including phenoxy) is 3. The lowest BCUT2D eigenvalue weighted by atomic mass is 10.2. The van der Waals surface area contributed by atoms with E-state index in [0.29, 0.717) is 23.1 Å². The number of morpholine rings is 1. The normalized spacial score (nSPS) is 15.9. The highest BCUT2D eigenvalue weighted by atomic mass is 35.5. The Labute approximate surface area is 143 Å². The first-order valence-corrected chi connectivity index (χ1v) is 8.52. The van der Waals surface area contributed by atoms with Crippen molar-refractivity contribution in [3.05, 3.63) is 22.7 Å². The van der Waals surface area contributed by atoms with Crippen LogP contribution in [0.2, 0.25) is 5.02 Å². The van der Waals surface area contributed by atoms with Crippen molar-refractivity contribution in [2.75, 3.05) is 46.5 Å². The van der Waals surface area contributed by atoms with E-state index in [2.05, 4.69) is 10.2 Å². The smallest absolute Gasteiger partial charge is 0.163 e. The molecule has 0 aliphatic carbocycles. The van der Waals surface area contributed by atoms with Crippen LogP contribution in [0.3, 0.4) is 0 Å². The lowest BCUT2D eigenvalue weighted by Crippen LogP contribution is -2.40. The summed E-state index contributed by atoms with van der Waals surface area (Å²) in [7, 11) is 1.64. The Morgan fingerprint density at radius 1 is 1.26 bits per heavy atom. The molecule has 2 rings (SSSR count). The molecule has 1 saturated heterocycles. The van der Waals surface area contributed by atoms with Gasteiger partial charge in [0.15, 0.2) is 11.5 Å². The van der Waals surface area contributed by atoms with E-state index in [1.807, 2.05) is 26.0 Å². The van der Waals surface area contributed by atoms with Gasteiger partial charge in [-0.2, -0.15) is 0 Å². The fourth-order valence-corrected chi connectivity index (χ4v) is 2.72. The van der Waals surface area contributed by atoms with Gasteiger partial charge < -0.3 is 19.5 Å². The van der Waals surface area contributed by atoms with Crippen LogP contribution < -0.4 is 14.8 Å². The zero-order valence-corrected chi connectivity index (χ0v) is 15.0. The van der Waals surface area contributed by atoms with E-state index in [1.54, 1.807) is 7.11 Å². The predicted molar refractivity (Wildman–Crippen MR) is 92.7 cm³/mol. The zero-order chi connectivity index (χ0) is 16.7. The van der Waals surface area contributed by atoms with Gasteiger partial charge in [-0.25, -0.2) is 0 Å². The fourth-order valence-electron chi connectivity index (χ4n) is 2.50. The summed E-state index contributed by atoms with van der Waals surface area (Å²) < 4.78 is 16.5. The summed E-state index contributed by atoms with van der Waals surface area (Å²) in [5.41, 5.74) is 1.02. The molecule has 1 N–H and O–H groups in total. The van der Waals surface area contributed by atoms with E-state index in [4.69, 9.17) is 25.8 Å². The van der Waals surface area contributed by atoms with Crippen LogP contribution in [0.1, 0.15) is 19.4 Å². The van der Waals surface area contributed by atoms with E-state index in [0.717, 1.165) is 45.0 Å². The molecule has 0 unspecified atom stereocenters. The highest BCUT2D eigenvalue weighted by molar-refractivity contribution is 6.31. The molecule has 0 spiro atoms. The Bertz CT molecular complexity index is 491. The number of halogens is 1. The average molecular weight is 343 g/mol. The van der Waals surface area contributed by atoms with Crippen LogP contribution in [-0.4, -0.2) is 57.5 Å². The van der Waals surface area contributed by atoms with Crippen molar-refractivity contribution < 1.29 is 14.2 Å². The number of hydrogen-bond acceptors (Lipinski definition) is 5. The molecular weight excluding hydrogens is 316 g/mol. The van der Waals surface area contributed by atoms with Crippen LogP contribution in [0, 0.1) is 0 Å². The molecule has 1 aromatic rings. The van der Waals surface area contributed by atoms with Gasteiger partial charge in [-0.3, -0.25) is 4.90 Å². The Kier molecular flexibility index (Phi) is 7.43. The number of nitrogens with one attached hydrogen (secondary N) is 1. The number of methoxy groups -OCH3 is 1. The summed E-state index contributed by atoms with van der Waals surface area (Å²) in [5, 5.41) is 4.13. The van der Waals surface area contributed by atoms with Crippen LogP contribution in [-0.2, 0) is 11.3 Å². The first-order valence-electron chi connectivity index (χ1n) is 8.14. The van der Waals surface area contributed by atoms with Gasteiger partial charge in [-0.05, 0) is 25.5 Å². The molecule has 0 radical (unpaired) electrons. The summed E-state index contributed by atoms with van der Waals surface area (Å²) in [6.45, 7) is 10.3. The first kappa shape index (κ1) is 18.3. The Morgan fingerprint density at radius 3 is 2.65 bits per heavy atom. The van der Waals surface area contributed by atoms with Crippen LogP contribution in [0.15, 0.2) is 12.1 Å². The maximum Gasteiger partial charge on any atom is 0.163 e. The van der Waals surface area contributed by atoms with Gasteiger partial charge in [0, 0.05) is 43.8 Å². The van der Waals surface area contributed by atoms with Gasteiger partial charge in [0.25, 0.3) is 0 Å². The second kappa shape index (κ2) is 9.33. The quantitative estimate of drug-likeness (QED) is 0.735. The maximum atomic E-state index is 6.37. The molecule has 6 heteroatoms. The van der Waals surface area contributed by atoms with E-state index in [1.165, 1.54) is 0 Å². The Balaban J connectivity index is 1.86. The van der Waals surface area contributed by atoms with Crippen LogP contribution in [0.5, 0.6) is 11.5 Å². The van der Waals surface area contributed by atoms with Gasteiger partial charge in [0.2, 0.25) is 0 Å². The fraction of sp³-hybridized carbons (Fsp3) is 0.647. The summed E-state index contributed by atoms with van der Waals surface area (Å²) in [6.07, 6.45) is 0.0810. The summed E-state index contributed by atoms with van der Waals surface area (Å²) in [6, 6.07) is 3.78. The molecule has 1 aromatic carbocycles. The Hall–Kier alpha value is -1.01. The van der Waals surface area contributed by atoms with Crippen molar-refractivity contribution in [3.63, 3.8) is 0 Å². The highest BCUT2D eigenvalue weighted by Crippen LogP contribution is 2.34. The minimum atomic E-state index is 0.0810. The number of nitrogens with zero attached hydrogens (tertiary/aromatic N) is 1. The second-order valence-electron chi connectivity index (χ2n) is 5.89. The molecule has 0 atom stereocenters. The van der Waals surface area contributed by atoms with Crippen molar-refractivity contribution in [3.8, 4) is 11.5 Å². The minimum absolute atomic E-state index is 0.0810. The number of rotatable bonds is 8. The van der Waals surface area contributed by atoms with Crippen molar-refractivity contribution in [1.82, 2.24) is 10.2 Å². The molecule has 1 fully saturated rings. The minimum Gasteiger partial charge on any atom is -0.493 e. The molecule has 0 bridgehead atoms. The van der Waals surface area contributed by atoms with Crippen molar-refractivity contribution >= 4 is 11.6 Å². The largest absolute Gasteiger partial charge is 0.493 e. The van der Waals surface area contributed by atoms with Crippen LogP contribution in [0.4, 0.5) is 0 Å². The summed E-state index contributed by atoms with van der Waals surface area (Å²) in [4.78, 5) is 2.40. The topological polar surface area (TPSA) is 43.0 Å². The predicted octanol–water partition coefficient (Wildman–Crippen LogP) is 2.56. The highest BCUT2D eigenvalue weighted by Gasteiger charge is 2.12. The standard InChI is InChI=1S/C17H27ClN2O3/c1-13(2)23-17-11-15(18)14(10-16(17)21-3)12-19-4-5-20-6-8-22-9-7-20/h10-11,13,19H,4-9,12H2,1-3H3. The third-order valence-corrected chi connectivity index (χ3v) is 4.07. The van der Waals surface area contributed by atoms with E-state index in [9.17, 15) is 0 Å². The van der Waals surface area contributed by atoms with Gasteiger partial charge in [0.1, 0.15) is 0 Å². The number of benzene rings is 1. The zero-order valence-electron chi connectivity index (χ0n) is 14.2. The van der Waals surface area contributed by atoms with E-state index >= 15 is 0 Å². The molecule has 0 saturated carbocycles. The van der Waals surface area contributed by atoms with Crippen LogP contribution >= 0.6 is 11.6 Å². The molecule has 1 aliphatic rings.